The van der Waals surface area contributed by atoms with E-state index < -0.39 is 28.2 Å². The molecule has 3 aromatic heterocycles. The topological polar surface area (TPSA) is 127 Å². The van der Waals surface area contributed by atoms with Gasteiger partial charge in [0.25, 0.3) is 0 Å². The van der Waals surface area contributed by atoms with Gasteiger partial charge in [0.2, 0.25) is 11.3 Å². The summed E-state index contributed by atoms with van der Waals surface area (Å²) in [6, 6.07) is 1.01. The molecule has 1 unspecified atom stereocenters. The molecule has 2 aliphatic rings. The van der Waals surface area contributed by atoms with Crippen molar-refractivity contribution in [3.63, 3.8) is 0 Å². The van der Waals surface area contributed by atoms with Crippen molar-refractivity contribution in [3.05, 3.63) is 45.4 Å². The quantitative estimate of drug-likeness (QED) is 0.526. The van der Waals surface area contributed by atoms with E-state index in [1.165, 1.54) is 22.1 Å². The van der Waals surface area contributed by atoms with E-state index in [4.69, 9.17) is 4.74 Å². The average Bonchev–Trinajstić information content (AvgIpc) is 3.36. The van der Waals surface area contributed by atoms with Gasteiger partial charge >= 0.3 is 5.97 Å². The maximum absolute atomic E-state index is 15.1. The minimum Gasteiger partial charge on any atom is -0.477 e. The summed E-state index contributed by atoms with van der Waals surface area (Å²) >= 11 is 1.22. The number of anilines is 1. The highest BCUT2D eigenvalue weighted by Crippen LogP contribution is 2.36. The molecule has 2 aliphatic heterocycles. The van der Waals surface area contributed by atoms with Gasteiger partial charge in [0.05, 0.1) is 16.9 Å². The third-order valence-corrected chi connectivity index (χ3v) is 7.23. The first kappa shape index (κ1) is 23.4. The smallest absolute Gasteiger partial charge is 0.341 e. The summed E-state index contributed by atoms with van der Waals surface area (Å²) in [4.78, 5) is 47.3. The fourth-order valence-corrected chi connectivity index (χ4v) is 5.17. The van der Waals surface area contributed by atoms with Gasteiger partial charge in [-0.15, -0.1) is 11.3 Å². The summed E-state index contributed by atoms with van der Waals surface area (Å²) < 4.78 is 22.1. The fourth-order valence-electron chi connectivity index (χ4n) is 4.55. The van der Waals surface area contributed by atoms with Crippen LogP contribution >= 0.6 is 11.3 Å². The third-order valence-electron chi connectivity index (χ3n) is 6.46. The predicted octanol–water partition coefficient (Wildman–Crippen LogP) is 2.19. The third kappa shape index (κ3) is 4.27. The van der Waals surface area contributed by atoms with E-state index in [1.54, 1.807) is 10.3 Å². The Hall–Kier alpha value is -3.38. The number of carbonyl (C=O) groups excluding carboxylic acids is 1. The zero-order valence-electron chi connectivity index (χ0n) is 19.0. The van der Waals surface area contributed by atoms with E-state index in [-0.39, 0.29) is 42.0 Å². The standard InChI is InChI=1S/C23H24FN5O5S/c1-23(21(33)26-9-13-4-2-3-6-34-13)11-28(12-23)19-16(24)8-14-17(30)15(20(31)32)10-29(18(14)27-19)22-25-5-7-35-22/h5,7-8,10,13H,2-4,6,9,11-12H2,1H3,(H,26,33)(H,31,32). The normalized spacial score (nSPS) is 19.4. The van der Waals surface area contributed by atoms with Crippen LogP contribution in [0, 0.1) is 11.2 Å². The highest BCUT2D eigenvalue weighted by molar-refractivity contribution is 7.12. The number of pyridine rings is 2. The molecule has 0 aromatic carbocycles. The van der Waals surface area contributed by atoms with E-state index >= 15 is 4.39 Å². The number of thiazole rings is 1. The Morgan fingerprint density at radius 3 is 2.83 bits per heavy atom. The number of halogens is 1. The van der Waals surface area contributed by atoms with E-state index in [1.807, 2.05) is 6.92 Å². The van der Waals surface area contributed by atoms with Crippen LogP contribution in [-0.4, -0.2) is 63.9 Å². The van der Waals surface area contributed by atoms with Gasteiger partial charge < -0.3 is 20.1 Å². The zero-order chi connectivity index (χ0) is 24.7. The highest BCUT2D eigenvalue weighted by atomic mass is 32.1. The van der Waals surface area contributed by atoms with Crippen LogP contribution in [0.3, 0.4) is 0 Å². The van der Waals surface area contributed by atoms with Gasteiger partial charge in [-0.3, -0.25) is 14.2 Å². The van der Waals surface area contributed by atoms with Crippen LogP contribution in [0.2, 0.25) is 0 Å². The molecule has 0 saturated carbocycles. The highest BCUT2D eigenvalue weighted by Gasteiger charge is 2.46. The van der Waals surface area contributed by atoms with Gasteiger partial charge in [0.1, 0.15) is 5.56 Å². The van der Waals surface area contributed by atoms with E-state index in [2.05, 4.69) is 15.3 Å². The second kappa shape index (κ2) is 9.00. The lowest BCUT2D eigenvalue weighted by Crippen LogP contribution is -2.62. The molecule has 0 bridgehead atoms. The van der Waals surface area contributed by atoms with Crippen molar-refractivity contribution < 1.29 is 23.8 Å². The molecule has 1 atom stereocenters. The molecule has 2 saturated heterocycles. The van der Waals surface area contributed by atoms with E-state index in [0.717, 1.165) is 31.5 Å². The SMILES string of the molecule is CC1(C(=O)NCC2CCCCO2)CN(c2nc3c(cc2F)c(=O)c(C(=O)O)cn3-c2nccs2)C1. The van der Waals surface area contributed by atoms with Crippen molar-refractivity contribution >= 4 is 40.1 Å². The maximum Gasteiger partial charge on any atom is 0.341 e. The number of hydrogen-bond donors (Lipinski definition) is 2. The second-order valence-corrected chi connectivity index (χ2v) is 10.0. The minimum absolute atomic E-state index is 0.00818. The number of carboxylic acids is 1. The largest absolute Gasteiger partial charge is 0.477 e. The van der Waals surface area contributed by atoms with Crippen LogP contribution in [-0.2, 0) is 9.53 Å². The van der Waals surface area contributed by atoms with Crippen molar-refractivity contribution in [2.75, 3.05) is 31.1 Å². The first-order valence-electron chi connectivity index (χ1n) is 11.3. The molecule has 2 fully saturated rings. The Morgan fingerprint density at radius 1 is 1.37 bits per heavy atom. The van der Waals surface area contributed by atoms with Gasteiger partial charge in [0, 0.05) is 44.0 Å². The molecule has 5 heterocycles. The molecule has 5 rings (SSSR count). The predicted molar refractivity (Wildman–Crippen MR) is 127 cm³/mol. The summed E-state index contributed by atoms with van der Waals surface area (Å²) in [5.74, 6) is -2.32. The molecular weight excluding hydrogens is 477 g/mol. The van der Waals surface area contributed by atoms with Crippen LogP contribution in [0.15, 0.2) is 28.6 Å². The number of nitrogens with zero attached hydrogens (tertiary/aromatic N) is 4. The van der Waals surface area contributed by atoms with Crippen molar-refractivity contribution in [1.29, 1.82) is 0 Å². The lowest BCUT2D eigenvalue weighted by Gasteiger charge is -2.47. The van der Waals surface area contributed by atoms with E-state index in [0.29, 0.717) is 18.3 Å². The number of rotatable bonds is 6. The Balaban J connectivity index is 1.41. The van der Waals surface area contributed by atoms with Gasteiger partial charge in [-0.1, -0.05) is 0 Å². The maximum atomic E-state index is 15.1. The summed E-state index contributed by atoms with van der Waals surface area (Å²) in [6.07, 6.45) is 5.74. The monoisotopic (exact) mass is 501 g/mol. The van der Waals surface area contributed by atoms with Crippen LogP contribution in [0.25, 0.3) is 16.2 Å². The van der Waals surface area contributed by atoms with Crippen molar-refractivity contribution in [3.8, 4) is 5.13 Å². The van der Waals surface area contributed by atoms with Crippen LogP contribution < -0.4 is 15.6 Å². The molecule has 2 N–H and O–H groups in total. The molecule has 1 amide bonds. The zero-order valence-corrected chi connectivity index (χ0v) is 19.8. The number of aromatic carboxylic acids is 1. The Kier molecular flexibility index (Phi) is 6.01. The average molecular weight is 502 g/mol. The molecule has 0 radical (unpaired) electrons. The number of carbonyl (C=O) groups is 2. The number of aromatic nitrogens is 3. The second-order valence-electron chi connectivity index (χ2n) is 9.14. The molecule has 12 heteroatoms. The van der Waals surface area contributed by atoms with Gasteiger partial charge in [-0.05, 0) is 32.3 Å². The lowest BCUT2D eigenvalue weighted by molar-refractivity contribution is -0.132. The molecule has 10 nitrogen and oxygen atoms in total. The van der Waals surface area contributed by atoms with Crippen LogP contribution in [0.5, 0.6) is 0 Å². The first-order chi connectivity index (χ1) is 16.8. The van der Waals surface area contributed by atoms with Crippen molar-refractivity contribution in [2.24, 2.45) is 5.41 Å². The molecule has 35 heavy (non-hydrogen) atoms. The van der Waals surface area contributed by atoms with Gasteiger partial charge in [0.15, 0.2) is 22.4 Å². The first-order valence-corrected chi connectivity index (χ1v) is 12.2. The molecule has 184 valence electrons. The number of carboxylic acid groups (broad SMARTS) is 1. The number of hydrogen-bond acceptors (Lipinski definition) is 8. The molecular formula is C23H24FN5O5S. The van der Waals surface area contributed by atoms with Gasteiger partial charge in [-0.2, -0.15) is 0 Å². The lowest BCUT2D eigenvalue weighted by atomic mass is 9.81. The fraction of sp³-hybridized carbons (Fsp3) is 0.435. The Morgan fingerprint density at radius 2 is 2.17 bits per heavy atom. The number of amides is 1. The van der Waals surface area contributed by atoms with Crippen LogP contribution in [0.1, 0.15) is 36.5 Å². The van der Waals surface area contributed by atoms with Crippen molar-refractivity contribution in [1.82, 2.24) is 19.9 Å². The molecule has 3 aromatic rings. The Bertz CT molecular complexity index is 1350. The molecule has 0 aliphatic carbocycles. The van der Waals surface area contributed by atoms with Crippen LogP contribution in [0.4, 0.5) is 10.2 Å². The summed E-state index contributed by atoms with van der Waals surface area (Å²) in [7, 11) is 0. The minimum atomic E-state index is -1.42. The summed E-state index contributed by atoms with van der Waals surface area (Å²) in [5.41, 5.74) is -1.95. The van der Waals surface area contributed by atoms with E-state index in [9.17, 15) is 19.5 Å². The Labute approximate surface area is 203 Å². The summed E-state index contributed by atoms with van der Waals surface area (Å²) in [6.45, 7) is 3.45. The number of nitrogens with one attached hydrogen (secondary N) is 1. The number of ether oxygens (including phenoxy) is 1. The number of fused-ring (bicyclic) bond motifs is 1. The van der Waals surface area contributed by atoms with Gasteiger partial charge in [-0.25, -0.2) is 19.2 Å². The molecule has 0 spiro atoms. The summed E-state index contributed by atoms with van der Waals surface area (Å²) in [5, 5.41) is 14.3. The van der Waals surface area contributed by atoms with Crippen molar-refractivity contribution in [2.45, 2.75) is 32.3 Å².